The molecular formula is C6H5F3N2. The van der Waals surface area contributed by atoms with E-state index in [4.69, 9.17) is 0 Å². The first-order chi connectivity index (χ1) is 5.24. The van der Waals surface area contributed by atoms with Gasteiger partial charge in [-0.15, -0.1) is 0 Å². The maximum Gasteiger partial charge on any atom is 0.268 e. The third kappa shape index (κ3) is 1.96. The SMILES string of the molecule is FCCn1[c]c(C(F)F)[c]n1. The molecular weight excluding hydrogens is 157 g/mol. The minimum absolute atomic E-state index is 0.0524. The van der Waals surface area contributed by atoms with E-state index in [1.165, 1.54) is 0 Å². The Morgan fingerprint density at radius 3 is 2.73 bits per heavy atom. The molecule has 1 rings (SSSR count). The van der Waals surface area contributed by atoms with Crippen molar-refractivity contribution in [2.24, 2.45) is 0 Å². The summed E-state index contributed by atoms with van der Waals surface area (Å²) >= 11 is 0. The summed E-state index contributed by atoms with van der Waals surface area (Å²) in [6, 6.07) is 0. The summed E-state index contributed by atoms with van der Waals surface area (Å²) in [6.45, 7) is -0.697. The van der Waals surface area contributed by atoms with Gasteiger partial charge in [-0.05, 0) is 0 Å². The number of nitrogens with zero attached hydrogens (tertiary/aromatic N) is 2. The first-order valence-electron chi connectivity index (χ1n) is 2.96. The first kappa shape index (κ1) is 8.10. The molecule has 0 amide bonds. The van der Waals surface area contributed by atoms with Crippen molar-refractivity contribution >= 4 is 0 Å². The lowest BCUT2D eigenvalue weighted by Gasteiger charge is -1.91. The monoisotopic (exact) mass is 162 g/mol. The molecule has 0 spiro atoms. The third-order valence-electron chi connectivity index (χ3n) is 1.06. The topological polar surface area (TPSA) is 17.8 Å². The lowest BCUT2D eigenvalue weighted by molar-refractivity contribution is 0.150. The first-order valence-corrected chi connectivity index (χ1v) is 2.96. The second kappa shape index (κ2) is 3.41. The smallest absolute Gasteiger partial charge is 0.259 e. The third-order valence-corrected chi connectivity index (χ3v) is 1.06. The number of aryl methyl sites for hydroxylation is 1. The zero-order valence-electron chi connectivity index (χ0n) is 5.52. The molecule has 0 saturated carbocycles. The van der Waals surface area contributed by atoms with Crippen molar-refractivity contribution in [1.82, 2.24) is 9.78 Å². The Morgan fingerprint density at radius 1 is 1.55 bits per heavy atom. The van der Waals surface area contributed by atoms with Gasteiger partial charge in [0, 0.05) is 0 Å². The van der Waals surface area contributed by atoms with E-state index in [2.05, 4.69) is 11.3 Å². The maximum atomic E-state index is 11.8. The normalized spacial score (nSPS) is 10.9. The lowest BCUT2D eigenvalue weighted by Crippen LogP contribution is -1.99. The number of alkyl halides is 3. The summed E-state index contributed by atoms with van der Waals surface area (Å²) in [5, 5.41) is 3.34. The zero-order valence-corrected chi connectivity index (χ0v) is 5.52. The van der Waals surface area contributed by atoms with Gasteiger partial charge >= 0.3 is 0 Å². The molecule has 0 unspecified atom stereocenters. The lowest BCUT2D eigenvalue weighted by atomic mass is 10.4. The summed E-state index contributed by atoms with van der Waals surface area (Å²) in [7, 11) is 0. The number of halogens is 3. The van der Waals surface area contributed by atoms with E-state index in [1.807, 2.05) is 6.20 Å². The van der Waals surface area contributed by atoms with Gasteiger partial charge in [-0.25, -0.2) is 13.2 Å². The van der Waals surface area contributed by atoms with Crippen LogP contribution in [0.3, 0.4) is 0 Å². The number of aromatic nitrogens is 2. The van der Waals surface area contributed by atoms with Crippen LogP contribution in [0.2, 0.25) is 0 Å². The largest absolute Gasteiger partial charge is 0.268 e. The predicted octanol–water partition coefficient (Wildman–Crippen LogP) is 1.39. The van der Waals surface area contributed by atoms with Crippen molar-refractivity contribution in [3.05, 3.63) is 18.0 Å². The minimum Gasteiger partial charge on any atom is -0.259 e. The maximum absolute atomic E-state index is 11.8. The van der Waals surface area contributed by atoms with Crippen molar-refractivity contribution in [3.63, 3.8) is 0 Å². The Balaban J connectivity index is 2.66. The van der Waals surface area contributed by atoms with Gasteiger partial charge in [0.15, 0.2) is 0 Å². The molecule has 0 N–H and O–H groups in total. The Morgan fingerprint density at radius 2 is 2.27 bits per heavy atom. The second-order valence-electron chi connectivity index (χ2n) is 1.85. The molecule has 1 aromatic heterocycles. The van der Waals surface area contributed by atoms with Gasteiger partial charge in [0.2, 0.25) is 0 Å². The highest BCUT2D eigenvalue weighted by molar-refractivity contribution is 5.01. The van der Waals surface area contributed by atoms with Gasteiger partial charge in [0.05, 0.1) is 18.3 Å². The van der Waals surface area contributed by atoms with E-state index < -0.39 is 18.7 Å². The van der Waals surface area contributed by atoms with Crippen molar-refractivity contribution in [3.8, 4) is 0 Å². The average Bonchev–Trinajstić information content (AvgIpc) is 2.37. The number of rotatable bonds is 3. The average molecular weight is 162 g/mol. The fourth-order valence-corrected chi connectivity index (χ4v) is 0.587. The van der Waals surface area contributed by atoms with E-state index >= 15 is 0 Å². The van der Waals surface area contributed by atoms with Crippen LogP contribution in [0.1, 0.15) is 12.0 Å². The minimum atomic E-state index is -2.64. The van der Waals surface area contributed by atoms with Gasteiger partial charge < -0.3 is 0 Å². The van der Waals surface area contributed by atoms with Crippen LogP contribution >= 0.6 is 0 Å². The molecule has 0 bridgehead atoms. The molecule has 0 aliphatic heterocycles. The van der Waals surface area contributed by atoms with Crippen LogP contribution in [0.4, 0.5) is 13.2 Å². The van der Waals surface area contributed by atoms with Crippen molar-refractivity contribution < 1.29 is 13.2 Å². The molecule has 0 saturated heterocycles. The summed E-state index contributed by atoms with van der Waals surface area (Å²) in [4.78, 5) is 0. The second-order valence-corrected chi connectivity index (χ2v) is 1.85. The van der Waals surface area contributed by atoms with Crippen LogP contribution in [-0.4, -0.2) is 16.5 Å². The fraction of sp³-hybridized carbons (Fsp3) is 0.500. The van der Waals surface area contributed by atoms with E-state index in [-0.39, 0.29) is 6.54 Å². The summed E-state index contributed by atoms with van der Waals surface area (Å²) in [5.41, 5.74) is -0.418. The summed E-state index contributed by atoms with van der Waals surface area (Å²) in [6.07, 6.45) is 1.57. The van der Waals surface area contributed by atoms with Crippen LogP contribution < -0.4 is 0 Å². The Hall–Kier alpha value is -1.00. The van der Waals surface area contributed by atoms with E-state index in [0.717, 1.165) is 4.68 Å². The molecule has 0 aliphatic carbocycles. The number of hydrogen-bond acceptors (Lipinski definition) is 1. The van der Waals surface area contributed by atoms with Gasteiger partial charge in [0.1, 0.15) is 12.9 Å². The van der Waals surface area contributed by atoms with Crippen LogP contribution in [0.5, 0.6) is 0 Å². The van der Waals surface area contributed by atoms with Crippen LogP contribution in [-0.2, 0) is 6.54 Å². The Kier molecular flexibility index (Phi) is 2.51. The van der Waals surface area contributed by atoms with Crippen LogP contribution in [0.25, 0.3) is 0 Å². The molecule has 1 heterocycles. The molecule has 2 radical (unpaired) electrons. The highest BCUT2D eigenvalue weighted by Crippen LogP contribution is 2.15. The van der Waals surface area contributed by atoms with E-state index in [9.17, 15) is 13.2 Å². The molecule has 0 aliphatic rings. The summed E-state index contributed by atoms with van der Waals surface area (Å²) in [5.74, 6) is 0. The predicted molar refractivity (Wildman–Crippen MR) is 30.8 cm³/mol. The fourth-order valence-electron chi connectivity index (χ4n) is 0.587. The number of hydrogen-bond donors (Lipinski definition) is 0. The van der Waals surface area contributed by atoms with Crippen molar-refractivity contribution in [2.75, 3.05) is 6.67 Å². The van der Waals surface area contributed by atoms with E-state index in [1.54, 1.807) is 0 Å². The Bertz CT molecular complexity index is 221. The summed E-state index contributed by atoms with van der Waals surface area (Å²) < 4.78 is 36.2. The van der Waals surface area contributed by atoms with Crippen molar-refractivity contribution in [2.45, 2.75) is 13.0 Å². The van der Waals surface area contributed by atoms with Gasteiger partial charge in [-0.2, -0.15) is 5.10 Å². The molecule has 11 heavy (non-hydrogen) atoms. The van der Waals surface area contributed by atoms with Crippen LogP contribution in [0, 0.1) is 12.4 Å². The van der Waals surface area contributed by atoms with Crippen LogP contribution in [0.15, 0.2) is 0 Å². The Labute approximate surface area is 61.6 Å². The highest BCUT2D eigenvalue weighted by atomic mass is 19.3. The molecule has 2 nitrogen and oxygen atoms in total. The molecule has 1 aromatic rings. The molecule has 0 aromatic carbocycles. The molecule has 0 fully saturated rings. The quantitative estimate of drug-likeness (QED) is 0.656. The molecule has 5 heteroatoms. The highest BCUT2D eigenvalue weighted by Gasteiger charge is 2.10. The van der Waals surface area contributed by atoms with Gasteiger partial charge in [0.25, 0.3) is 6.43 Å². The van der Waals surface area contributed by atoms with Gasteiger partial charge in [-0.3, -0.25) is 4.68 Å². The molecule has 0 atom stereocenters. The van der Waals surface area contributed by atoms with Gasteiger partial charge in [-0.1, -0.05) is 0 Å². The van der Waals surface area contributed by atoms with Crippen molar-refractivity contribution in [1.29, 1.82) is 0 Å². The standard InChI is InChI=1S/C6H5F3N2/c7-1-2-11-4-5(3-10-11)6(8)9/h6H,1-2H2. The molecule has 60 valence electrons. The van der Waals surface area contributed by atoms with E-state index in [0.29, 0.717) is 0 Å². The zero-order chi connectivity index (χ0) is 8.27.